The van der Waals surface area contributed by atoms with Crippen LogP contribution >= 0.6 is 0 Å². The summed E-state index contributed by atoms with van der Waals surface area (Å²) in [6, 6.07) is 10.1. The van der Waals surface area contributed by atoms with Gasteiger partial charge in [-0.3, -0.25) is 19.7 Å². The average molecular weight is 371 g/mol. The molecular formula is C19H18FN3O4. The van der Waals surface area contributed by atoms with Crippen LogP contribution in [-0.2, 0) is 4.79 Å². The Hall–Kier alpha value is -3.55. The number of carbonyl (C=O) groups is 2. The summed E-state index contributed by atoms with van der Waals surface area (Å²) >= 11 is 0. The number of hydrogen-bond donors (Lipinski definition) is 2. The number of nitro benzene ring substituents is 1. The monoisotopic (exact) mass is 371 g/mol. The van der Waals surface area contributed by atoms with E-state index < -0.39 is 22.6 Å². The number of hydrogen-bond acceptors (Lipinski definition) is 4. The molecule has 0 saturated heterocycles. The van der Waals surface area contributed by atoms with Gasteiger partial charge in [-0.25, -0.2) is 4.39 Å². The average Bonchev–Trinajstić information content (AvgIpc) is 2.65. The molecule has 0 bridgehead atoms. The van der Waals surface area contributed by atoms with Crippen molar-refractivity contribution < 1.29 is 18.9 Å². The van der Waals surface area contributed by atoms with Crippen molar-refractivity contribution in [2.75, 3.05) is 13.1 Å². The zero-order valence-corrected chi connectivity index (χ0v) is 14.6. The Labute approximate surface area is 155 Å². The highest BCUT2D eigenvalue weighted by atomic mass is 19.1. The summed E-state index contributed by atoms with van der Waals surface area (Å²) in [5, 5.41) is 15.8. The first kappa shape index (κ1) is 19.8. The largest absolute Gasteiger partial charge is 0.351 e. The molecule has 0 saturated carbocycles. The van der Waals surface area contributed by atoms with E-state index in [0.717, 1.165) is 6.07 Å². The van der Waals surface area contributed by atoms with E-state index in [4.69, 9.17) is 0 Å². The van der Waals surface area contributed by atoms with Gasteiger partial charge >= 0.3 is 0 Å². The maximum absolute atomic E-state index is 13.4. The molecule has 0 aromatic heterocycles. The summed E-state index contributed by atoms with van der Waals surface area (Å²) in [7, 11) is 0. The first-order valence-electron chi connectivity index (χ1n) is 8.11. The number of carbonyl (C=O) groups excluding carboxylic acids is 2. The molecule has 140 valence electrons. The molecule has 0 unspecified atom stereocenters. The summed E-state index contributed by atoms with van der Waals surface area (Å²) in [5.74, 6) is -1.30. The van der Waals surface area contributed by atoms with Gasteiger partial charge in [-0.15, -0.1) is 0 Å². The van der Waals surface area contributed by atoms with Crippen molar-refractivity contribution in [1.29, 1.82) is 0 Å². The SMILES string of the molecule is Cc1ccc(C(=O)NCCNC(=O)/C=C/c2cccc([N+](=O)[O-])c2)cc1F. The van der Waals surface area contributed by atoms with E-state index in [-0.39, 0.29) is 24.3 Å². The number of rotatable bonds is 7. The van der Waals surface area contributed by atoms with Gasteiger partial charge in [0.1, 0.15) is 5.82 Å². The molecule has 8 heteroatoms. The highest BCUT2D eigenvalue weighted by Crippen LogP contribution is 2.14. The van der Waals surface area contributed by atoms with E-state index in [1.807, 2.05) is 0 Å². The molecule has 2 aromatic rings. The molecule has 2 aromatic carbocycles. The Kier molecular flexibility index (Phi) is 6.76. The lowest BCUT2D eigenvalue weighted by atomic mass is 10.1. The normalized spacial score (nSPS) is 10.6. The van der Waals surface area contributed by atoms with E-state index in [1.54, 1.807) is 13.0 Å². The van der Waals surface area contributed by atoms with Crippen molar-refractivity contribution in [3.63, 3.8) is 0 Å². The third-order valence-electron chi connectivity index (χ3n) is 3.65. The van der Waals surface area contributed by atoms with Gasteiger partial charge in [0.15, 0.2) is 0 Å². The fourth-order valence-electron chi connectivity index (χ4n) is 2.17. The molecule has 0 radical (unpaired) electrons. The lowest BCUT2D eigenvalue weighted by Crippen LogP contribution is -2.34. The minimum Gasteiger partial charge on any atom is -0.351 e. The second-order valence-electron chi connectivity index (χ2n) is 5.70. The zero-order valence-electron chi connectivity index (χ0n) is 14.6. The Morgan fingerprint density at radius 3 is 2.59 bits per heavy atom. The number of halogens is 1. The van der Waals surface area contributed by atoms with Crippen molar-refractivity contribution in [3.05, 3.63) is 81.2 Å². The first-order chi connectivity index (χ1) is 12.9. The highest BCUT2D eigenvalue weighted by Gasteiger charge is 2.08. The van der Waals surface area contributed by atoms with E-state index >= 15 is 0 Å². The number of non-ortho nitro benzene ring substituents is 1. The van der Waals surface area contributed by atoms with Crippen LogP contribution in [0.1, 0.15) is 21.5 Å². The van der Waals surface area contributed by atoms with Crippen LogP contribution in [0.4, 0.5) is 10.1 Å². The minimum absolute atomic E-state index is 0.0622. The van der Waals surface area contributed by atoms with E-state index in [0.29, 0.717) is 11.1 Å². The van der Waals surface area contributed by atoms with Crippen LogP contribution in [0.2, 0.25) is 0 Å². The van der Waals surface area contributed by atoms with Gasteiger partial charge in [0.05, 0.1) is 4.92 Å². The van der Waals surface area contributed by atoms with Gasteiger partial charge in [-0.05, 0) is 36.3 Å². The lowest BCUT2D eigenvalue weighted by molar-refractivity contribution is -0.384. The number of amides is 2. The van der Waals surface area contributed by atoms with Gasteiger partial charge in [0, 0.05) is 36.9 Å². The number of benzene rings is 2. The van der Waals surface area contributed by atoms with Crippen molar-refractivity contribution in [2.45, 2.75) is 6.92 Å². The van der Waals surface area contributed by atoms with Crippen molar-refractivity contribution in [3.8, 4) is 0 Å². The molecule has 2 N–H and O–H groups in total. The third kappa shape index (κ3) is 6.03. The molecular weight excluding hydrogens is 353 g/mol. The van der Waals surface area contributed by atoms with Crippen LogP contribution in [0.3, 0.4) is 0 Å². The number of nitro groups is 1. The van der Waals surface area contributed by atoms with Crippen LogP contribution in [0.15, 0.2) is 48.5 Å². The summed E-state index contributed by atoms with van der Waals surface area (Å²) in [5.41, 5.74) is 1.12. The van der Waals surface area contributed by atoms with Crippen molar-refractivity contribution in [1.82, 2.24) is 10.6 Å². The smallest absolute Gasteiger partial charge is 0.270 e. The van der Waals surface area contributed by atoms with Gasteiger partial charge in [-0.2, -0.15) is 0 Å². The molecule has 7 nitrogen and oxygen atoms in total. The minimum atomic E-state index is -0.514. The molecule has 0 heterocycles. The second-order valence-corrected chi connectivity index (χ2v) is 5.70. The second kappa shape index (κ2) is 9.23. The number of nitrogens with zero attached hydrogens (tertiary/aromatic N) is 1. The van der Waals surface area contributed by atoms with E-state index in [9.17, 15) is 24.1 Å². The molecule has 0 aliphatic heterocycles. The summed E-state index contributed by atoms with van der Waals surface area (Å²) in [6.07, 6.45) is 2.70. The maximum Gasteiger partial charge on any atom is 0.270 e. The molecule has 2 rings (SSSR count). The topological polar surface area (TPSA) is 101 Å². The van der Waals surface area contributed by atoms with Gasteiger partial charge < -0.3 is 10.6 Å². The van der Waals surface area contributed by atoms with E-state index in [2.05, 4.69) is 10.6 Å². The van der Waals surface area contributed by atoms with Gasteiger partial charge in [0.2, 0.25) is 5.91 Å². The van der Waals surface area contributed by atoms with Crippen LogP contribution in [0.5, 0.6) is 0 Å². The van der Waals surface area contributed by atoms with Gasteiger partial charge in [0.25, 0.3) is 11.6 Å². The fraction of sp³-hybridized carbons (Fsp3) is 0.158. The van der Waals surface area contributed by atoms with E-state index in [1.165, 1.54) is 42.5 Å². The lowest BCUT2D eigenvalue weighted by Gasteiger charge is -2.06. The Morgan fingerprint density at radius 2 is 1.89 bits per heavy atom. The predicted molar refractivity (Wildman–Crippen MR) is 98.6 cm³/mol. The van der Waals surface area contributed by atoms with Crippen molar-refractivity contribution >= 4 is 23.6 Å². The fourth-order valence-corrected chi connectivity index (χ4v) is 2.17. The molecule has 27 heavy (non-hydrogen) atoms. The molecule has 0 spiro atoms. The number of nitrogens with one attached hydrogen (secondary N) is 2. The van der Waals surface area contributed by atoms with Crippen LogP contribution in [-0.4, -0.2) is 29.8 Å². The summed E-state index contributed by atoms with van der Waals surface area (Å²) in [6.45, 7) is 1.95. The molecule has 0 atom stereocenters. The van der Waals surface area contributed by atoms with Crippen molar-refractivity contribution in [2.24, 2.45) is 0 Å². The third-order valence-corrected chi connectivity index (χ3v) is 3.65. The first-order valence-corrected chi connectivity index (χ1v) is 8.11. The Balaban J connectivity index is 1.77. The van der Waals surface area contributed by atoms with Gasteiger partial charge in [-0.1, -0.05) is 18.2 Å². The zero-order chi connectivity index (χ0) is 19.8. The molecule has 0 fully saturated rings. The molecule has 2 amide bonds. The summed E-state index contributed by atoms with van der Waals surface area (Å²) in [4.78, 5) is 33.8. The quantitative estimate of drug-likeness (QED) is 0.338. The highest BCUT2D eigenvalue weighted by molar-refractivity contribution is 5.94. The van der Waals surface area contributed by atoms with Crippen LogP contribution in [0, 0.1) is 22.9 Å². The van der Waals surface area contributed by atoms with Crippen LogP contribution in [0.25, 0.3) is 6.08 Å². The van der Waals surface area contributed by atoms with Crippen LogP contribution < -0.4 is 10.6 Å². The molecule has 0 aliphatic carbocycles. The Morgan fingerprint density at radius 1 is 1.15 bits per heavy atom. The maximum atomic E-state index is 13.4. The summed E-state index contributed by atoms with van der Waals surface area (Å²) < 4.78 is 13.4. The molecule has 0 aliphatic rings. The Bertz CT molecular complexity index is 896. The number of aryl methyl sites for hydroxylation is 1. The standard InChI is InChI=1S/C19H18FN3O4/c1-13-5-7-15(12-17(13)20)19(25)22-10-9-21-18(24)8-6-14-3-2-4-16(11-14)23(26)27/h2-8,11-12H,9-10H2,1H3,(H,21,24)(H,22,25)/b8-6+. The predicted octanol–water partition coefficient (Wildman–Crippen LogP) is 2.60.